The number of nitrogen functional groups attached to an aromatic ring is 1. The maximum atomic E-state index is 12.7. The second-order valence-electron chi connectivity index (χ2n) is 6.16. The van der Waals surface area contributed by atoms with Crippen LogP contribution in [0.15, 0.2) is 38.8 Å². The van der Waals surface area contributed by atoms with E-state index in [9.17, 15) is 22.8 Å². The molecule has 1 heterocycles. The van der Waals surface area contributed by atoms with Gasteiger partial charge in [0.05, 0.1) is 4.90 Å². The van der Waals surface area contributed by atoms with Crippen LogP contribution in [0, 0.1) is 0 Å². The third kappa shape index (κ3) is 4.27. The molecule has 9 nitrogen and oxygen atoms in total. The molecule has 10 heteroatoms. The third-order valence-electron chi connectivity index (χ3n) is 4.12. The normalized spacial score (nSPS) is 11.4. The van der Waals surface area contributed by atoms with Gasteiger partial charge in [-0.25, -0.2) is 13.2 Å². The first-order valence-electron chi connectivity index (χ1n) is 8.28. The van der Waals surface area contributed by atoms with Crippen molar-refractivity contribution in [2.75, 3.05) is 23.9 Å². The van der Waals surface area contributed by atoms with E-state index < -0.39 is 27.0 Å². The molecule has 0 spiro atoms. The number of H-pyrrole nitrogens is 1. The minimum Gasteiger partial charge on any atom is -0.383 e. The zero-order valence-corrected chi connectivity index (χ0v) is 16.2. The monoisotopic (exact) mass is 394 g/mol. The molecule has 0 unspecified atom stereocenters. The minimum absolute atomic E-state index is 0.0761. The number of aromatic nitrogens is 2. The van der Waals surface area contributed by atoms with Crippen molar-refractivity contribution in [2.24, 2.45) is 0 Å². The summed E-state index contributed by atoms with van der Waals surface area (Å²) >= 11 is 0. The molecule has 1 aromatic heterocycles. The number of aromatic amines is 1. The third-order valence-corrected chi connectivity index (χ3v) is 5.25. The van der Waals surface area contributed by atoms with E-state index in [1.807, 2.05) is 6.92 Å². The van der Waals surface area contributed by atoms with Gasteiger partial charge in [-0.3, -0.25) is 19.1 Å². The van der Waals surface area contributed by atoms with Crippen LogP contribution in [-0.2, 0) is 16.4 Å². The molecular weight excluding hydrogens is 372 g/mol. The summed E-state index contributed by atoms with van der Waals surface area (Å²) in [7, 11) is -2.02. The van der Waals surface area contributed by atoms with Gasteiger partial charge in [-0.05, 0) is 30.7 Å². The summed E-state index contributed by atoms with van der Waals surface area (Å²) in [6, 6.07) is 5.33. The molecule has 0 fully saturated rings. The summed E-state index contributed by atoms with van der Waals surface area (Å²) in [5, 5.41) is 0. The van der Waals surface area contributed by atoms with Crippen LogP contribution in [0.2, 0.25) is 0 Å². The molecule has 0 bridgehead atoms. The maximum Gasteiger partial charge on any atom is 0.330 e. The Hall–Kier alpha value is -2.88. The Balaban J connectivity index is 2.45. The number of benzene rings is 1. The SMILES string of the molecule is CCCCn1c(N)c(N(C)C(=O)c2ccc(S(C)(=O)=O)cc2)c(=O)[nH]c1=O. The van der Waals surface area contributed by atoms with Gasteiger partial charge in [0, 0.05) is 25.4 Å². The first kappa shape index (κ1) is 20.4. The number of nitrogens with one attached hydrogen (secondary N) is 1. The smallest absolute Gasteiger partial charge is 0.330 e. The molecular formula is C17H22N4O5S. The Morgan fingerprint density at radius 2 is 1.81 bits per heavy atom. The number of hydrogen-bond acceptors (Lipinski definition) is 6. The number of hydrogen-bond donors (Lipinski definition) is 2. The Kier molecular flexibility index (Phi) is 5.89. The fraction of sp³-hybridized carbons (Fsp3) is 0.353. The van der Waals surface area contributed by atoms with Crippen LogP contribution < -0.4 is 21.9 Å². The zero-order valence-electron chi connectivity index (χ0n) is 15.4. The average Bonchev–Trinajstić information content (AvgIpc) is 2.60. The largest absolute Gasteiger partial charge is 0.383 e. The van der Waals surface area contributed by atoms with Gasteiger partial charge in [-0.15, -0.1) is 0 Å². The molecule has 0 radical (unpaired) electrons. The predicted molar refractivity (Wildman–Crippen MR) is 103 cm³/mol. The molecule has 0 aliphatic rings. The molecule has 146 valence electrons. The highest BCUT2D eigenvalue weighted by molar-refractivity contribution is 7.90. The van der Waals surface area contributed by atoms with Gasteiger partial charge in [0.25, 0.3) is 11.5 Å². The second kappa shape index (κ2) is 7.78. The second-order valence-corrected chi connectivity index (χ2v) is 8.17. The Morgan fingerprint density at radius 3 is 2.33 bits per heavy atom. The van der Waals surface area contributed by atoms with Crippen molar-refractivity contribution in [1.82, 2.24) is 9.55 Å². The molecule has 1 amide bonds. The Morgan fingerprint density at radius 1 is 1.22 bits per heavy atom. The number of amides is 1. The number of sulfone groups is 1. The standard InChI is InChI=1S/C17H22N4O5S/c1-4-5-10-21-14(18)13(15(22)19-17(21)24)20(2)16(23)11-6-8-12(9-7-11)27(3,25)26/h6-9H,4-5,10,18H2,1-3H3,(H,19,22,24). The lowest BCUT2D eigenvalue weighted by atomic mass is 10.2. The number of nitrogens with zero attached hydrogens (tertiary/aromatic N) is 2. The van der Waals surface area contributed by atoms with Crippen molar-refractivity contribution in [3.05, 3.63) is 50.7 Å². The van der Waals surface area contributed by atoms with Gasteiger partial charge in [0.2, 0.25) is 0 Å². The van der Waals surface area contributed by atoms with E-state index in [4.69, 9.17) is 5.73 Å². The first-order chi connectivity index (χ1) is 12.6. The number of carbonyl (C=O) groups excluding carboxylic acids is 1. The van der Waals surface area contributed by atoms with Crippen molar-refractivity contribution in [1.29, 1.82) is 0 Å². The van der Waals surface area contributed by atoms with Crippen molar-refractivity contribution in [3.8, 4) is 0 Å². The average molecular weight is 394 g/mol. The van der Waals surface area contributed by atoms with E-state index >= 15 is 0 Å². The molecule has 3 N–H and O–H groups in total. The molecule has 2 aromatic rings. The lowest BCUT2D eigenvalue weighted by Gasteiger charge is -2.20. The molecule has 0 saturated heterocycles. The number of anilines is 2. The summed E-state index contributed by atoms with van der Waals surface area (Å²) < 4.78 is 24.3. The van der Waals surface area contributed by atoms with Crippen LogP contribution in [0.4, 0.5) is 11.5 Å². The van der Waals surface area contributed by atoms with Crippen LogP contribution in [0.25, 0.3) is 0 Å². The van der Waals surface area contributed by atoms with E-state index in [-0.39, 0.29) is 22.0 Å². The molecule has 2 rings (SSSR count). The van der Waals surface area contributed by atoms with Crippen LogP contribution in [0.5, 0.6) is 0 Å². The van der Waals surface area contributed by atoms with E-state index in [2.05, 4.69) is 4.98 Å². The predicted octanol–water partition coefficient (Wildman–Crippen LogP) is 0.599. The Bertz CT molecular complexity index is 1070. The fourth-order valence-corrected chi connectivity index (χ4v) is 3.21. The quantitative estimate of drug-likeness (QED) is 0.736. The van der Waals surface area contributed by atoms with Crippen LogP contribution in [0.1, 0.15) is 30.1 Å². The highest BCUT2D eigenvalue weighted by Gasteiger charge is 2.22. The number of nitrogens with two attached hydrogens (primary N) is 1. The zero-order chi connectivity index (χ0) is 20.4. The molecule has 0 aliphatic heterocycles. The summed E-state index contributed by atoms with van der Waals surface area (Å²) in [5.74, 6) is -0.659. The highest BCUT2D eigenvalue weighted by Crippen LogP contribution is 2.19. The fourth-order valence-electron chi connectivity index (χ4n) is 2.58. The van der Waals surface area contributed by atoms with E-state index in [0.29, 0.717) is 13.0 Å². The van der Waals surface area contributed by atoms with Crippen molar-refractivity contribution < 1.29 is 13.2 Å². The van der Waals surface area contributed by atoms with E-state index in [1.165, 1.54) is 35.9 Å². The van der Waals surface area contributed by atoms with Gasteiger partial charge in [0.15, 0.2) is 15.5 Å². The lowest BCUT2D eigenvalue weighted by Crippen LogP contribution is -2.39. The summed E-state index contributed by atoms with van der Waals surface area (Å²) in [5.41, 5.74) is 4.63. The van der Waals surface area contributed by atoms with Crippen molar-refractivity contribution in [3.63, 3.8) is 0 Å². The van der Waals surface area contributed by atoms with Gasteiger partial charge in [-0.1, -0.05) is 13.3 Å². The van der Waals surface area contributed by atoms with Crippen molar-refractivity contribution in [2.45, 2.75) is 31.2 Å². The van der Waals surface area contributed by atoms with Crippen LogP contribution in [0.3, 0.4) is 0 Å². The van der Waals surface area contributed by atoms with Gasteiger partial charge < -0.3 is 10.6 Å². The molecule has 0 atom stereocenters. The Labute approximate surface area is 156 Å². The number of carbonyl (C=O) groups is 1. The van der Waals surface area contributed by atoms with Crippen LogP contribution in [-0.4, -0.2) is 37.2 Å². The molecule has 0 saturated carbocycles. The number of rotatable bonds is 6. The van der Waals surface area contributed by atoms with Crippen molar-refractivity contribution >= 4 is 27.2 Å². The minimum atomic E-state index is -3.39. The van der Waals surface area contributed by atoms with E-state index in [0.717, 1.165) is 17.6 Å². The topological polar surface area (TPSA) is 135 Å². The maximum absolute atomic E-state index is 12.7. The highest BCUT2D eigenvalue weighted by atomic mass is 32.2. The molecule has 27 heavy (non-hydrogen) atoms. The molecule has 0 aliphatic carbocycles. The number of unbranched alkanes of at least 4 members (excludes halogenated alkanes) is 1. The van der Waals surface area contributed by atoms with Gasteiger partial charge >= 0.3 is 5.69 Å². The van der Waals surface area contributed by atoms with Gasteiger partial charge in [0.1, 0.15) is 5.82 Å². The molecule has 1 aromatic carbocycles. The lowest BCUT2D eigenvalue weighted by molar-refractivity contribution is 0.0992. The van der Waals surface area contributed by atoms with Gasteiger partial charge in [-0.2, -0.15) is 0 Å². The van der Waals surface area contributed by atoms with Crippen LogP contribution >= 0.6 is 0 Å². The first-order valence-corrected chi connectivity index (χ1v) is 10.2. The van der Waals surface area contributed by atoms with E-state index in [1.54, 1.807) is 0 Å². The summed E-state index contributed by atoms with van der Waals surface area (Å²) in [6.07, 6.45) is 2.57. The summed E-state index contributed by atoms with van der Waals surface area (Å²) in [4.78, 5) is 40.2. The summed E-state index contributed by atoms with van der Waals surface area (Å²) in [6.45, 7) is 2.26.